The summed E-state index contributed by atoms with van der Waals surface area (Å²) in [6.07, 6.45) is 5.33. The van der Waals surface area contributed by atoms with Gasteiger partial charge in [-0.2, -0.15) is 0 Å². The summed E-state index contributed by atoms with van der Waals surface area (Å²) in [6, 6.07) is 4.87. The molecule has 4 heterocycles. The number of cyclic esters (lactones) is 1. The van der Waals surface area contributed by atoms with Crippen molar-refractivity contribution in [2.45, 2.75) is 106 Å². The second kappa shape index (κ2) is 15.5. The van der Waals surface area contributed by atoms with E-state index in [-0.39, 0.29) is 48.2 Å². The number of esters is 1. The number of allylic oxidation sites excluding steroid dienone is 2. The molecule has 6 bridgehead atoms. The van der Waals surface area contributed by atoms with E-state index in [0.29, 0.717) is 32.4 Å². The lowest BCUT2D eigenvalue weighted by atomic mass is 9.84. The van der Waals surface area contributed by atoms with Crippen molar-refractivity contribution in [2.75, 3.05) is 20.3 Å². The highest BCUT2D eigenvalue weighted by Gasteiger charge is 2.59. The molecule has 2 N–H and O–H groups in total. The second-order valence-corrected chi connectivity index (χ2v) is 17.3. The molecule has 6 rings (SSSR count). The fourth-order valence-electron chi connectivity index (χ4n) is 8.20. The highest BCUT2D eigenvalue weighted by Crippen LogP contribution is 2.57. The van der Waals surface area contributed by atoms with E-state index in [1.54, 1.807) is 13.3 Å². The molecule has 2 amide bonds. The number of aryl methyl sites for hydroxylation is 1. The maximum Gasteiger partial charge on any atom is 0.324 e. The molecule has 11 nitrogen and oxygen atoms in total. The topological polar surface area (TPSA) is 127 Å². The van der Waals surface area contributed by atoms with Gasteiger partial charge in [0.15, 0.2) is 0 Å². The predicted molar refractivity (Wildman–Crippen MR) is 215 cm³/mol. The molecule has 54 heavy (non-hydrogen) atoms. The van der Waals surface area contributed by atoms with E-state index in [9.17, 15) is 14.4 Å². The highest BCUT2D eigenvalue weighted by atomic mass is 32.1. The minimum atomic E-state index is -0.853. The SMILES string of the molecule is C=C/C(=C(\N=C/C)[C@H](C)OC)c1c2c3cc(ccc3n1CC)-c1csc(n1)C[C@H](NC(=O)[C@H]1[C@H](C)C1(C)C)C(=O)N1CCC[C@H](N1)C(=O)OCC(C)(C)C2. The number of hydrazine groups is 1. The maximum absolute atomic E-state index is 14.2. The first-order chi connectivity index (χ1) is 25.6. The van der Waals surface area contributed by atoms with Crippen molar-refractivity contribution in [3.63, 3.8) is 0 Å². The summed E-state index contributed by atoms with van der Waals surface area (Å²) in [7, 11) is 1.68. The van der Waals surface area contributed by atoms with Crippen LogP contribution in [0.4, 0.5) is 0 Å². The van der Waals surface area contributed by atoms with Gasteiger partial charge >= 0.3 is 5.97 Å². The molecule has 1 aromatic carbocycles. The number of aromatic nitrogens is 2. The Morgan fingerprint density at radius 1 is 1.28 bits per heavy atom. The number of nitrogens with one attached hydrogen (secondary N) is 2. The van der Waals surface area contributed by atoms with Crippen molar-refractivity contribution in [2.24, 2.45) is 27.7 Å². The normalized spacial score (nSPS) is 25.2. The van der Waals surface area contributed by atoms with Gasteiger partial charge in [-0.05, 0) is 69.1 Å². The number of benzene rings is 1. The summed E-state index contributed by atoms with van der Waals surface area (Å²) < 4.78 is 14.2. The van der Waals surface area contributed by atoms with Gasteiger partial charge in [0.05, 0.1) is 34.8 Å². The Labute approximate surface area is 323 Å². The monoisotopic (exact) mass is 756 g/mol. The van der Waals surface area contributed by atoms with Crippen LogP contribution in [0.2, 0.25) is 0 Å². The summed E-state index contributed by atoms with van der Waals surface area (Å²) in [5, 5.41) is 8.40. The van der Waals surface area contributed by atoms with Crippen molar-refractivity contribution >= 4 is 51.8 Å². The van der Waals surface area contributed by atoms with Gasteiger partial charge in [-0.1, -0.05) is 53.3 Å². The molecule has 0 radical (unpaired) electrons. The Morgan fingerprint density at radius 2 is 2.02 bits per heavy atom. The van der Waals surface area contributed by atoms with Crippen LogP contribution >= 0.6 is 11.3 Å². The number of nitrogens with zero attached hydrogens (tertiary/aromatic N) is 4. The Hall–Kier alpha value is -4.13. The number of thiazole rings is 1. The molecular formula is C42H56N6O5S. The maximum atomic E-state index is 14.2. The van der Waals surface area contributed by atoms with E-state index in [1.807, 2.05) is 25.3 Å². The Morgan fingerprint density at radius 3 is 2.67 bits per heavy atom. The predicted octanol–water partition coefficient (Wildman–Crippen LogP) is 6.75. The van der Waals surface area contributed by atoms with Crippen molar-refractivity contribution < 1.29 is 23.9 Å². The Balaban J connectivity index is 1.50. The highest BCUT2D eigenvalue weighted by molar-refractivity contribution is 7.10. The van der Waals surface area contributed by atoms with Crippen LogP contribution in [0.25, 0.3) is 27.7 Å². The third-order valence-corrected chi connectivity index (χ3v) is 12.6. The molecule has 290 valence electrons. The van der Waals surface area contributed by atoms with Gasteiger partial charge in [0.1, 0.15) is 12.1 Å². The number of aliphatic imine (C=N–C) groups is 1. The van der Waals surface area contributed by atoms with Gasteiger partial charge in [0.25, 0.3) is 5.91 Å². The molecule has 5 atom stereocenters. The Bertz CT molecular complexity index is 2010. The molecule has 2 aromatic heterocycles. The number of carbonyl (C=O) groups is 3. The van der Waals surface area contributed by atoms with Crippen LogP contribution in [0, 0.1) is 22.7 Å². The minimum absolute atomic E-state index is 0.130. The minimum Gasteiger partial charge on any atom is -0.464 e. The fraction of sp³-hybridized carbons (Fsp3) is 0.548. The molecule has 12 heteroatoms. The number of carbonyl (C=O) groups excluding carboxylic acids is 3. The number of ether oxygens (including phenoxy) is 2. The average Bonchev–Trinajstić information content (AvgIpc) is 3.44. The van der Waals surface area contributed by atoms with Gasteiger partial charge in [0.2, 0.25) is 5.91 Å². The van der Waals surface area contributed by atoms with E-state index in [2.05, 4.69) is 81.6 Å². The third kappa shape index (κ3) is 7.57. The average molecular weight is 757 g/mol. The van der Waals surface area contributed by atoms with E-state index in [0.717, 1.165) is 49.7 Å². The summed E-state index contributed by atoms with van der Waals surface area (Å²) in [6.45, 7) is 22.0. The smallest absolute Gasteiger partial charge is 0.324 e. The van der Waals surface area contributed by atoms with Crippen LogP contribution < -0.4 is 10.7 Å². The van der Waals surface area contributed by atoms with Crippen LogP contribution in [-0.4, -0.2) is 77.0 Å². The van der Waals surface area contributed by atoms with Gasteiger partial charge in [-0.25, -0.2) is 10.4 Å². The first kappa shape index (κ1) is 39.6. The molecular weight excluding hydrogens is 701 g/mol. The van der Waals surface area contributed by atoms with E-state index in [4.69, 9.17) is 19.5 Å². The van der Waals surface area contributed by atoms with Crippen molar-refractivity contribution in [1.29, 1.82) is 0 Å². The zero-order valence-electron chi connectivity index (χ0n) is 33.2. The molecule has 3 aromatic rings. The first-order valence-electron chi connectivity index (χ1n) is 19.2. The van der Waals surface area contributed by atoms with Crippen LogP contribution in [0.1, 0.15) is 84.5 Å². The molecule has 0 unspecified atom stereocenters. The molecule has 1 aliphatic carbocycles. The molecule has 0 spiro atoms. The molecule has 2 aliphatic heterocycles. The zero-order valence-corrected chi connectivity index (χ0v) is 34.1. The largest absolute Gasteiger partial charge is 0.464 e. The number of rotatable bonds is 8. The summed E-state index contributed by atoms with van der Waals surface area (Å²) in [5.74, 6) is -0.782. The Kier molecular flexibility index (Phi) is 11.4. The van der Waals surface area contributed by atoms with Crippen molar-refractivity contribution in [3.8, 4) is 11.3 Å². The van der Waals surface area contributed by atoms with E-state index >= 15 is 0 Å². The number of amides is 2. The van der Waals surface area contributed by atoms with Gasteiger partial charge < -0.3 is 19.4 Å². The molecule has 1 saturated heterocycles. The summed E-state index contributed by atoms with van der Waals surface area (Å²) >= 11 is 1.48. The lowest BCUT2D eigenvalue weighted by Crippen LogP contribution is -2.60. The van der Waals surface area contributed by atoms with Crippen molar-refractivity contribution in [1.82, 2.24) is 25.3 Å². The molecule has 3 aliphatic rings. The standard InChI is InChI=1S/C42H56N6O5S/c1-11-27(36(43-12-2)25(5)52-10)37-29-21-41(6,7)23-53-40(51)30-15-14-18-48(46-30)39(50)31(45-38(49)35-24(4)42(35,8)9)20-34-44-32(22-54-34)26-16-17-33(28(29)19-26)47(37)13-3/h11-12,16-17,19,22,24-25,30-31,35,46H,1,13-15,18,20-21,23H2,2-10H3,(H,45,49)/b36-27+,43-12-/t24-,25-,30-,31-,35+/m0/s1. The number of methoxy groups -OCH3 is 1. The second-order valence-electron chi connectivity index (χ2n) is 16.3. The third-order valence-electron chi connectivity index (χ3n) is 11.7. The number of hydrogen-bond acceptors (Lipinski definition) is 9. The van der Waals surface area contributed by atoms with Crippen LogP contribution in [0.3, 0.4) is 0 Å². The number of hydrogen-bond donors (Lipinski definition) is 2. The van der Waals surface area contributed by atoms with Crippen LogP contribution in [0.5, 0.6) is 0 Å². The molecule has 1 saturated carbocycles. The lowest BCUT2D eigenvalue weighted by Gasteiger charge is -2.35. The van der Waals surface area contributed by atoms with Gasteiger partial charge in [-0.3, -0.25) is 24.4 Å². The van der Waals surface area contributed by atoms with Crippen LogP contribution in [-0.2, 0) is 43.2 Å². The van der Waals surface area contributed by atoms with Gasteiger partial charge in [0, 0.05) is 71.6 Å². The molecule has 2 fully saturated rings. The first-order valence-corrected chi connectivity index (χ1v) is 20.1. The summed E-state index contributed by atoms with van der Waals surface area (Å²) in [5.41, 5.74) is 9.12. The zero-order chi connectivity index (χ0) is 39.1. The quantitative estimate of drug-likeness (QED) is 0.148. The lowest BCUT2D eigenvalue weighted by molar-refractivity contribution is -0.155. The van der Waals surface area contributed by atoms with Crippen molar-refractivity contribution in [3.05, 3.63) is 58.2 Å². The van der Waals surface area contributed by atoms with Crippen LogP contribution in [0.15, 0.2) is 46.9 Å². The van der Waals surface area contributed by atoms with E-state index in [1.165, 1.54) is 16.3 Å². The summed E-state index contributed by atoms with van der Waals surface area (Å²) in [4.78, 5) is 51.3. The van der Waals surface area contributed by atoms with E-state index < -0.39 is 23.5 Å². The number of fused-ring (bicyclic) bond motifs is 6. The van der Waals surface area contributed by atoms with Gasteiger partial charge in [-0.15, -0.1) is 11.3 Å². The fourth-order valence-corrected chi connectivity index (χ4v) is 9.05.